The van der Waals surface area contributed by atoms with Gasteiger partial charge in [0.25, 0.3) is 0 Å². The Bertz CT molecular complexity index is 616. The zero-order valence-corrected chi connectivity index (χ0v) is 13.2. The number of amides is 1. The predicted octanol–water partition coefficient (Wildman–Crippen LogP) is 2.02. The summed E-state index contributed by atoms with van der Waals surface area (Å²) >= 11 is 0. The summed E-state index contributed by atoms with van der Waals surface area (Å²) in [5.41, 5.74) is 1.67. The van der Waals surface area contributed by atoms with Gasteiger partial charge in [-0.25, -0.2) is 4.68 Å². The number of carbonyl (C=O) groups is 1. The molecule has 0 spiro atoms. The van der Waals surface area contributed by atoms with Crippen LogP contribution in [0.2, 0.25) is 0 Å². The van der Waals surface area contributed by atoms with Gasteiger partial charge in [-0.05, 0) is 44.5 Å². The van der Waals surface area contributed by atoms with Gasteiger partial charge in [-0.3, -0.25) is 4.79 Å². The molecule has 2 aromatic rings. The summed E-state index contributed by atoms with van der Waals surface area (Å²) in [4.78, 5) is 12.3. The molecule has 0 unspecified atom stereocenters. The van der Waals surface area contributed by atoms with Crippen LogP contribution in [0.25, 0.3) is 5.69 Å². The zero-order chi connectivity index (χ0) is 14.7. The highest BCUT2D eigenvalue weighted by Gasteiger charge is 2.24. The number of nitrogens with zero attached hydrogens (tertiary/aromatic N) is 3. The first-order valence-electron chi connectivity index (χ1n) is 7.23. The van der Waals surface area contributed by atoms with Gasteiger partial charge < -0.3 is 10.6 Å². The van der Waals surface area contributed by atoms with E-state index in [2.05, 4.69) is 27.9 Å². The van der Waals surface area contributed by atoms with Crippen molar-refractivity contribution < 1.29 is 4.79 Å². The lowest BCUT2D eigenvalue weighted by atomic mass is 9.92. The highest BCUT2D eigenvalue weighted by molar-refractivity contribution is 5.92. The zero-order valence-electron chi connectivity index (χ0n) is 12.4. The normalized spacial score (nSPS) is 21.0. The van der Waals surface area contributed by atoms with Crippen LogP contribution in [0, 0.1) is 5.92 Å². The fourth-order valence-electron chi connectivity index (χ4n) is 2.69. The fraction of sp³-hybridized carbons (Fsp3) is 0.400. The first-order valence-corrected chi connectivity index (χ1v) is 7.23. The smallest absolute Gasteiger partial charge is 0.227 e. The Morgan fingerprint density at radius 3 is 3.05 bits per heavy atom. The van der Waals surface area contributed by atoms with Crippen LogP contribution in [-0.2, 0) is 4.79 Å². The van der Waals surface area contributed by atoms with Crippen LogP contribution >= 0.6 is 12.4 Å². The maximum Gasteiger partial charge on any atom is 0.227 e. The minimum Gasteiger partial charge on any atom is -0.326 e. The van der Waals surface area contributed by atoms with Gasteiger partial charge in [0.05, 0.1) is 18.1 Å². The molecule has 1 saturated heterocycles. The van der Waals surface area contributed by atoms with Crippen molar-refractivity contribution in [2.24, 2.45) is 5.92 Å². The molecule has 0 radical (unpaired) electrons. The number of benzene rings is 1. The van der Waals surface area contributed by atoms with Crippen molar-refractivity contribution in [2.45, 2.75) is 25.8 Å². The lowest BCUT2D eigenvalue weighted by Gasteiger charge is -2.27. The van der Waals surface area contributed by atoms with Crippen molar-refractivity contribution >= 4 is 24.0 Å². The van der Waals surface area contributed by atoms with E-state index in [0.29, 0.717) is 6.04 Å². The van der Waals surface area contributed by atoms with Gasteiger partial charge in [0.15, 0.2) is 0 Å². The number of rotatable bonds is 3. The molecule has 2 N–H and O–H groups in total. The molecule has 1 aliphatic rings. The van der Waals surface area contributed by atoms with Gasteiger partial charge in [0.1, 0.15) is 0 Å². The molecule has 1 aromatic carbocycles. The van der Waals surface area contributed by atoms with Gasteiger partial charge in [0.2, 0.25) is 5.91 Å². The molecular formula is C15H20ClN5O. The molecule has 0 aliphatic carbocycles. The highest BCUT2D eigenvalue weighted by atomic mass is 35.5. The van der Waals surface area contributed by atoms with Crippen LogP contribution in [0.3, 0.4) is 0 Å². The maximum absolute atomic E-state index is 12.3. The van der Waals surface area contributed by atoms with Crippen molar-refractivity contribution in [1.29, 1.82) is 0 Å². The molecule has 0 bridgehead atoms. The molecule has 2 atom stereocenters. The van der Waals surface area contributed by atoms with E-state index in [0.717, 1.165) is 30.8 Å². The predicted molar refractivity (Wildman–Crippen MR) is 87.4 cm³/mol. The van der Waals surface area contributed by atoms with Crippen LogP contribution in [0.15, 0.2) is 36.7 Å². The van der Waals surface area contributed by atoms with Crippen molar-refractivity contribution in [3.63, 3.8) is 0 Å². The molecular weight excluding hydrogens is 302 g/mol. The number of anilines is 1. The molecule has 6 nitrogen and oxygen atoms in total. The molecule has 1 fully saturated rings. The summed E-state index contributed by atoms with van der Waals surface area (Å²) in [5, 5.41) is 14.1. The van der Waals surface area contributed by atoms with Crippen LogP contribution in [0.1, 0.15) is 19.8 Å². The summed E-state index contributed by atoms with van der Waals surface area (Å²) in [6, 6.07) is 8.02. The van der Waals surface area contributed by atoms with E-state index in [1.807, 2.05) is 24.3 Å². The molecule has 3 rings (SSSR count). The van der Waals surface area contributed by atoms with Gasteiger partial charge >= 0.3 is 0 Å². The molecule has 1 aromatic heterocycles. The minimum atomic E-state index is 0. The largest absolute Gasteiger partial charge is 0.326 e. The lowest BCUT2D eigenvalue weighted by Crippen LogP contribution is -2.40. The number of hydrogen-bond donors (Lipinski definition) is 2. The van der Waals surface area contributed by atoms with E-state index < -0.39 is 0 Å². The SMILES string of the molecule is C[C@H]1C[C@@H](C(=O)Nc2cccc(-n3ccnn3)c2)CCN1.Cl. The van der Waals surface area contributed by atoms with E-state index in [9.17, 15) is 4.79 Å². The summed E-state index contributed by atoms with van der Waals surface area (Å²) in [5.74, 6) is 0.176. The van der Waals surface area contributed by atoms with Crippen molar-refractivity contribution in [3.05, 3.63) is 36.7 Å². The number of nitrogens with one attached hydrogen (secondary N) is 2. The first-order chi connectivity index (χ1) is 10.2. The van der Waals surface area contributed by atoms with Gasteiger partial charge in [-0.15, -0.1) is 17.5 Å². The Morgan fingerprint density at radius 2 is 2.32 bits per heavy atom. The average Bonchev–Trinajstić information content (AvgIpc) is 3.02. The standard InChI is InChI=1S/C15H19N5O.ClH/c1-11-9-12(5-6-16-11)15(21)18-13-3-2-4-14(10-13)20-8-7-17-19-20;/h2-4,7-8,10-12,16H,5-6,9H2,1H3,(H,18,21);1H/t11-,12-;/m0./s1. The molecule has 118 valence electrons. The third-order valence-corrected chi connectivity index (χ3v) is 3.80. The Balaban J connectivity index is 0.00000176. The van der Waals surface area contributed by atoms with E-state index in [1.165, 1.54) is 0 Å². The third kappa shape index (κ3) is 3.84. The van der Waals surface area contributed by atoms with Crippen molar-refractivity contribution in [1.82, 2.24) is 20.3 Å². The minimum absolute atomic E-state index is 0. The average molecular weight is 322 g/mol. The maximum atomic E-state index is 12.3. The van der Waals surface area contributed by atoms with Gasteiger partial charge in [-0.1, -0.05) is 11.3 Å². The molecule has 0 saturated carbocycles. The third-order valence-electron chi connectivity index (χ3n) is 3.80. The van der Waals surface area contributed by atoms with Crippen LogP contribution < -0.4 is 10.6 Å². The second-order valence-corrected chi connectivity index (χ2v) is 5.46. The number of hydrogen-bond acceptors (Lipinski definition) is 4. The van der Waals surface area contributed by atoms with Crippen LogP contribution in [0.5, 0.6) is 0 Å². The van der Waals surface area contributed by atoms with E-state index in [-0.39, 0.29) is 24.2 Å². The van der Waals surface area contributed by atoms with Gasteiger partial charge in [0, 0.05) is 17.6 Å². The van der Waals surface area contributed by atoms with Crippen molar-refractivity contribution in [3.8, 4) is 5.69 Å². The number of piperidine rings is 1. The molecule has 7 heteroatoms. The Labute approximate surface area is 135 Å². The van der Waals surface area contributed by atoms with E-state index >= 15 is 0 Å². The summed E-state index contributed by atoms with van der Waals surface area (Å²) < 4.78 is 1.67. The number of carbonyl (C=O) groups excluding carboxylic acids is 1. The highest BCUT2D eigenvalue weighted by Crippen LogP contribution is 2.20. The number of aromatic nitrogens is 3. The van der Waals surface area contributed by atoms with Gasteiger partial charge in [-0.2, -0.15) is 0 Å². The number of halogens is 1. The molecule has 22 heavy (non-hydrogen) atoms. The lowest BCUT2D eigenvalue weighted by molar-refractivity contribution is -0.120. The Hall–Kier alpha value is -1.92. The Morgan fingerprint density at radius 1 is 1.45 bits per heavy atom. The van der Waals surface area contributed by atoms with Crippen molar-refractivity contribution in [2.75, 3.05) is 11.9 Å². The molecule has 1 aliphatic heterocycles. The fourth-order valence-corrected chi connectivity index (χ4v) is 2.69. The van der Waals surface area contributed by atoms with Crippen LogP contribution in [0.4, 0.5) is 5.69 Å². The second kappa shape index (κ2) is 7.38. The second-order valence-electron chi connectivity index (χ2n) is 5.46. The molecule has 2 heterocycles. The quantitative estimate of drug-likeness (QED) is 0.907. The van der Waals surface area contributed by atoms with E-state index in [1.54, 1.807) is 17.1 Å². The Kier molecular flexibility index (Phi) is 5.51. The monoisotopic (exact) mass is 321 g/mol. The summed E-state index contributed by atoms with van der Waals surface area (Å²) in [6.07, 6.45) is 5.17. The van der Waals surface area contributed by atoms with Crippen LogP contribution in [-0.4, -0.2) is 33.5 Å². The summed E-state index contributed by atoms with van der Waals surface area (Å²) in [6.45, 7) is 3.02. The van der Waals surface area contributed by atoms with E-state index in [4.69, 9.17) is 0 Å². The first kappa shape index (κ1) is 16.5. The molecule has 1 amide bonds. The summed E-state index contributed by atoms with van der Waals surface area (Å²) in [7, 11) is 0. The topological polar surface area (TPSA) is 71.8 Å².